The SMILES string of the molecule is COCC(=O)CSCC1CCCC1. The summed E-state index contributed by atoms with van der Waals surface area (Å²) in [5, 5.41) is 0. The van der Waals surface area contributed by atoms with E-state index in [0.717, 1.165) is 11.7 Å². The van der Waals surface area contributed by atoms with Crippen LogP contribution in [-0.2, 0) is 9.53 Å². The van der Waals surface area contributed by atoms with Crippen molar-refractivity contribution in [2.75, 3.05) is 25.2 Å². The molecule has 0 heterocycles. The molecule has 0 aromatic heterocycles. The van der Waals surface area contributed by atoms with E-state index in [4.69, 9.17) is 4.74 Å². The first-order chi connectivity index (χ1) is 6.33. The van der Waals surface area contributed by atoms with Crippen molar-refractivity contribution in [1.29, 1.82) is 0 Å². The Bertz CT molecular complexity index is 153. The predicted octanol–water partition coefficient (Wildman–Crippen LogP) is 2.13. The highest BCUT2D eigenvalue weighted by Crippen LogP contribution is 2.27. The normalized spacial score (nSPS) is 17.9. The van der Waals surface area contributed by atoms with Crippen LogP contribution in [0.25, 0.3) is 0 Å². The first kappa shape index (κ1) is 11.1. The van der Waals surface area contributed by atoms with E-state index in [1.807, 2.05) is 0 Å². The molecule has 0 saturated heterocycles. The van der Waals surface area contributed by atoms with E-state index in [0.29, 0.717) is 5.75 Å². The van der Waals surface area contributed by atoms with Crippen LogP contribution in [0, 0.1) is 5.92 Å². The van der Waals surface area contributed by atoms with Gasteiger partial charge in [-0.15, -0.1) is 0 Å². The fourth-order valence-electron chi connectivity index (χ4n) is 1.72. The van der Waals surface area contributed by atoms with Crippen molar-refractivity contribution in [2.45, 2.75) is 25.7 Å². The summed E-state index contributed by atoms with van der Waals surface area (Å²) in [4.78, 5) is 11.1. The molecule has 1 saturated carbocycles. The molecule has 0 radical (unpaired) electrons. The molecule has 1 aliphatic carbocycles. The van der Waals surface area contributed by atoms with Gasteiger partial charge in [0, 0.05) is 7.11 Å². The molecule has 1 aliphatic rings. The van der Waals surface area contributed by atoms with Crippen molar-refractivity contribution < 1.29 is 9.53 Å². The second-order valence-electron chi connectivity index (χ2n) is 3.64. The van der Waals surface area contributed by atoms with Crippen LogP contribution < -0.4 is 0 Å². The number of ether oxygens (including phenoxy) is 1. The predicted molar refractivity (Wildman–Crippen MR) is 56.2 cm³/mol. The molecule has 0 bridgehead atoms. The summed E-state index contributed by atoms with van der Waals surface area (Å²) < 4.78 is 4.76. The van der Waals surface area contributed by atoms with Crippen molar-refractivity contribution in [1.82, 2.24) is 0 Å². The molecule has 0 aromatic rings. The Morgan fingerprint density at radius 2 is 2.15 bits per heavy atom. The molecule has 0 aliphatic heterocycles. The van der Waals surface area contributed by atoms with Gasteiger partial charge in [0.1, 0.15) is 6.61 Å². The number of ketones is 1. The number of hydrogen-bond donors (Lipinski definition) is 0. The van der Waals surface area contributed by atoms with Crippen LogP contribution in [0.1, 0.15) is 25.7 Å². The Kier molecular flexibility index (Phi) is 5.47. The van der Waals surface area contributed by atoms with E-state index in [2.05, 4.69) is 0 Å². The van der Waals surface area contributed by atoms with Gasteiger partial charge >= 0.3 is 0 Å². The molecular formula is C10H18O2S. The Morgan fingerprint density at radius 3 is 2.77 bits per heavy atom. The Balaban J connectivity index is 1.96. The summed E-state index contributed by atoms with van der Waals surface area (Å²) in [7, 11) is 1.57. The molecule has 0 N–H and O–H groups in total. The third-order valence-corrected chi connectivity index (χ3v) is 3.63. The zero-order valence-electron chi connectivity index (χ0n) is 8.25. The highest BCUT2D eigenvalue weighted by Gasteiger charge is 2.15. The molecular weight excluding hydrogens is 184 g/mol. The summed E-state index contributed by atoms with van der Waals surface area (Å²) in [6.45, 7) is 0.275. The zero-order chi connectivity index (χ0) is 9.52. The molecule has 76 valence electrons. The largest absolute Gasteiger partial charge is 0.377 e. The van der Waals surface area contributed by atoms with Crippen LogP contribution >= 0.6 is 11.8 Å². The Labute approximate surface area is 84.4 Å². The maximum Gasteiger partial charge on any atom is 0.168 e. The van der Waals surface area contributed by atoms with Crippen molar-refractivity contribution in [2.24, 2.45) is 5.92 Å². The van der Waals surface area contributed by atoms with Crippen LogP contribution in [0.5, 0.6) is 0 Å². The molecule has 3 heteroatoms. The maximum absolute atomic E-state index is 11.1. The topological polar surface area (TPSA) is 26.3 Å². The average molecular weight is 202 g/mol. The van der Waals surface area contributed by atoms with Gasteiger partial charge < -0.3 is 4.74 Å². The first-order valence-electron chi connectivity index (χ1n) is 4.91. The molecule has 0 spiro atoms. The highest BCUT2D eigenvalue weighted by atomic mass is 32.2. The third-order valence-electron chi connectivity index (χ3n) is 2.40. The lowest BCUT2D eigenvalue weighted by atomic mass is 10.1. The monoisotopic (exact) mass is 202 g/mol. The van der Waals surface area contributed by atoms with Gasteiger partial charge in [-0.2, -0.15) is 11.8 Å². The fourth-order valence-corrected chi connectivity index (χ4v) is 2.81. The van der Waals surface area contributed by atoms with Gasteiger partial charge in [-0.1, -0.05) is 12.8 Å². The number of thioether (sulfide) groups is 1. The lowest BCUT2D eigenvalue weighted by Crippen LogP contribution is -2.10. The first-order valence-corrected chi connectivity index (χ1v) is 6.06. The zero-order valence-corrected chi connectivity index (χ0v) is 9.07. The number of rotatable bonds is 6. The van der Waals surface area contributed by atoms with Crippen molar-refractivity contribution in [3.05, 3.63) is 0 Å². The van der Waals surface area contributed by atoms with E-state index in [1.54, 1.807) is 18.9 Å². The Hall–Kier alpha value is -0.0200. The minimum Gasteiger partial charge on any atom is -0.377 e. The number of carbonyl (C=O) groups excluding carboxylic acids is 1. The van der Waals surface area contributed by atoms with Gasteiger partial charge in [-0.25, -0.2) is 0 Å². The van der Waals surface area contributed by atoms with Crippen molar-refractivity contribution >= 4 is 17.5 Å². The van der Waals surface area contributed by atoms with E-state index < -0.39 is 0 Å². The van der Waals surface area contributed by atoms with Gasteiger partial charge in [0.15, 0.2) is 5.78 Å². The molecule has 2 nitrogen and oxygen atoms in total. The van der Waals surface area contributed by atoms with E-state index in [9.17, 15) is 4.79 Å². The van der Waals surface area contributed by atoms with E-state index in [-0.39, 0.29) is 12.4 Å². The van der Waals surface area contributed by atoms with Gasteiger partial charge in [0.05, 0.1) is 5.75 Å². The second-order valence-corrected chi connectivity index (χ2v) is 4.67. The Morgan fingerprint density at radius 1 is 1.46 bits per heavy atom. The average Bonchev–Trinajstić information content (AvgIpc) is 2.57. The van der Waals surface area contributed by atoms with Crippen molar-refractivity contribution in [3.63, 3.8) is 0 Å². The maximum atomic E-state index is 11.1. The standard InChI is InChI=1S/C10H18O2S/c1-12-6-10(11)8-13-7-9-4-2-3-5-9/h9H,2-8H2,1H3. The van der Waals surface area contributed by atoms with E-state index in [1.165, 1.54) is 25.7 Å². The second kappa shape index (κ2) is 6.44. The molecule has 1 fully saturated rings. The van der Waals surface area contributed by atoms with Crippen LogP contribution in [0.15, 0.2) is 0 Å². The number of carbonyl (C=O) groups is 1. The summed E-state index contributed by atoms with van der Waals surface area (Å²) >= 11 is 1.77. The van der Waals surface area contributed by atoms with Gasteiger partial charge in [-0.05, 0) is 24.5 Å². The minimum absolute atomic E-state index is 0.213. The quantitative estimate of drug-likeness (QED) is 0.660. The smallest absolute Gasteiger partial charge is 0.168 e. The molecule has 1 rings (SSSR count). The highest BCUT2D eigenvalue weighted by molar-refractivity contribution is 7.99. The van der Waals surface area contributed by atoms with Crippen LogP contribution in [0.3, 0.4) is 0 Å². The number of methoxy groups -OCH3 is 1. The number of Topliss-reactive ketones (excluding diaryl/α,β-unsaturated/α-hetero) is 1. The molecule has 0 amide bonds. The summed E-state index contributed by atoms with van der Waals surface area (Å²) in [6, 6.07) is 0. The summed E-state index contributed by atoms with van der Waals surface area (Å²) in [5.74, 6) is 2.88. The number of hydrogen-bond acceptors (Lipinski definition) is 3. The van der Waals surface area contributed by atoms with Crippen LogP contribution in [0.2, 0.25) is 0 Å². The van der Waals surface area contributed by atoms with Crippen molar-refractivity contribution in [3.8, 4) is 0 Å². The molecule has 0 unspecified atom stereocenters. The molecule has 0 atom stereocenters. The summed E-state index contributed by atoms with van der Waals surface area (Å²) in [6.07, 6.45) is 5.51. The third kappa shape index (κ3) is 4.67. The lowest BCUT2D eigenvalue weighted by molar-refractivity contribution is -0.120. The lowest BCUT2D eigenvalue weighted by Gasteiger charge is -2.06. The minimum atomic E-state index is 0.213. The van der Waals surface area contributed by atoms with E-state index >= 15 is 0 Å². The molecule has 13 heavy (non-hydrogen) atoms. The van der Waals surface area contributed by atoms with Gasteiger partial charge in [0.2, 0.25) is 0 Å². The van der Waals surface area contributed by atoms with Gasteiger partial charge in [0.25, 0.3) is 0 Å². The van der Waals surface area contributed by atoms with Crippen LogP contribution in [-0.4, -0.2) is 31.0 Å². The molecule has 0 aromatic carbocycles. The summed E-state index contributed by atoms with van der Waals surface area (Å²) in [5.41, 5.74) is 0. The van der Waals surface area contributed by atoms with Gasteiger partial charge in [-0.3, -0.25) is 4.79 Å². The van der Waals surface area contributed by atoms with Crippen LogP contribution in [0.4, 0.5) is 0 Å². The fraction of sp³-hybridized carbons (Fsp3) is 0.900.